The van der Waals surface area contributed by atoms with Gasteiger partial charge in [-0.25, -0.2) is 0 Å². The maximum Gasteiger partial charge on any atom is 0.255 e. The number of amides is 2. The van der Waals surface area contributed by atoms with Crippen molar-refractivity contribution in [2.24, 2.45) is 0 Å². The summed E-state index contributed by atoms with van der Waals surface area (Å²) in [5, 5.41) is 0. The van der Waals surface area contributed by atoms with Crippen LogP contribution in [0.2, 0.25) is 0 Å². The van der Waals surface area contributed by atoms with Gasteiger partial charge in [0.05, 0.1) is 0 Å². The number of carbonyl (C=O) groups is 2. The lowest BCUT2D eigenvalue weighted by Crippen LogP contribution is -2.56. The normalized spacial score (nSPS) is 16.6. The average molecular weight is 441 g/mol. The Kier molecular flexibility index (Phi) is 6.11. The molecule has 0 bridgehead atoms. The van der Waals surface area contributed by atoms with Crippen LogP contribution >= 0.6 is 0 Å². The van der Waals surface area contributed by atoms with Crippen molar-refractivity contribution < 1.29 is 9.59 Å². The van der Waals surface area contributed by atoms with Crippen molar-refractivity contribution in [2.45, 2.75) is 53.5 Å². The van der Waals surface area contributed by atoms with Crippen LogP contribution in [0.1, 0.15) is 59.2 Å². The van der Waals surface area contributed by atoms with Gasteiger partial charge in [0, 0.05) is 11.4 Å². The fourth-order valence-corrected chi connectivity index (χ4v) is 4.63. The molecule has 0 saturated carbocycles. The molecule has 3 aromatic rings. The molecule has 0 unspecified atom stereocenters. The first-order valence-corrected chi connectivity index (χ1v) is 11.6. The van der Waals surface area contributed by atoms with Crippen LogP contribution in [0.15, 0.2) is 60.7 Å². The average Bonchev–Trinajstić information content (AvgIpc) is 2.77. The Morgan fingerprint density at radius 2 is 1.52 bits per heavy atom. The van der Waals surface area contributed by atoms with E-state index in [1.165, 1.54) is 5.56 Å². The maximum atomic E-state index is 14.0. The lowest BCUT2D eigenvalue weighted by molar-refractivity contribution is -0.128. The highest BCUT2D eigenvalue weighted by Crippen LogP contribution is 2.37. The molecule has 4 nitrogen and oxygen atoms in total. The van der Waals surface area contributed by atoms with Crippen LogP contribution < -0.4 is 9.80 Å². The number of carbonyl (C=O) groups excluding carboxylic acids is 2. The number of hydrogen-bond acceptors (Lipinski definition) is 2. The molecule has 2 amide bonds. The van der Waals surface area contributed by atoms with Crippen molar-refractivity contribution in [3.63, 3.8) is 0 Å². The molecule has 33 heavy (non-hydrogen) atoms. The lowest BCUT2D eigenvalue weighted by atomic mass is 9.94. The Hall–Kier alpha value is -3.40. The lowest BCUT2D eigenvalue weighted by Gasteiger charge is -2.41. The summed E-state index contributed by atoms with van der Waals surface area (Å²) in [6, 6.07) is 19.3. The van der Waals surface area contributed by atoms with Gasteiger partial charge in [0.25, 0.3) is 5.91 Å². The highest BCUT2D eigenvalue weighted by molar-refractivity contribution is 6.15. The van der Waals surface area contributed by atoms with Gasteiger partial charge in [-0.1, -0.05) is 67.9 Å². The van der Waals surface area contributed by atoms with Crippen molar-refractivity contribution in [2.75, 3.05) is 16.3 Å². The Balaban J connectivity index is 1.86. The quantitative estimate of drug-likeness (QED) is 0.487. The highest BCUT2D eigenvalue weighted by atomic mass is 16.2. The smallest absolute Gasteiger partial charge is 0.255 e. The minimum atomic E-state index is -0.714. The number of anilines is 2. The molecule has 4 heteroatoms. The van der Waals surface area contributed by atoms with E-state index in [0.717, 1.165) is 39.2 Å². The Labute approximate surface area is 196 Å². The predicted molar refractivity (Wildman–Crippen MR) is 135 cm³/mol. The molecule has 1 aliphatic rings. The molecule has 1 fully saturated rings. The zero-order valence-electron chi connectivity index (χ0n) is 20.3. The molecular formula is C29H32N2O2. The summed E-state index contributed by atoms with van der Waals surface area (Å²) < 4.78 is 0. The van der Waals surface area contributed by atoms with E-state index in [9.17, 15) is 9.59 Å². The number of aryl methyl sites for hydroxylation is 3. The molecule has 4 rings (SSSR count). The second-order valence-electron chi connectivity index (χ2n) is 9.42. The Morgan fingerprint density at radius 1 is 0.818 bits per heavy atom. The monoisotopic (exact) mass is 440 g/mol. The van der Waals surface area contributed by atoms with Gasteiger partial charge in [0.1, 0.15) is 12.6 Å². The topological polar surface area (TPSA) is 40.6 Å². The number of nitrogens with zero attached hydrogens (tertiary/aromatic N) is 2. The van der Waals surface area contributed by atoms with Gasteiger partial charge in [-0.2, -0.15) is 0 Å². The van der Waals surface area contributed by atoms with Crippen LogP contribution in [0.4, 0.5) is 11.4 Å². The van der Waals surface area contributed by atoms with E-state index >= 15 is 0 Å². The van der Waals surface area contributed by atoms with Crippen LogP contribution in [-0.2, 0) is 9.59 Å². The second-order valence-corrected chi connectivity index (χ2v) is 9.42. The zero-order valence-corrected chi connectivity index (χ0v) is 20.3. The molecule has 0 aromatic heterocycles. The summed E-state index contributed by atoms with van der Waals surface area (Å²) in [6.07, 6.45) is 0. The second kappa shape index (κ2) is 8.86. The van der Waals surface area contributed by atoms with Crippen LogP contribution in [0, 0.1) is 27.7 Å². The van der Waals surface area contributed by atoms with E-state index in [1.807, 2.05) is 70.2 Å². The van der Waals surface area contributed by atoms with Gasteiger partial charge < -0.3 is 4.90 Å². The van der Waals surface area contributed by atoms with E-state index in [-0.39, 0.29) is 18.4 Å². The van der Waals surface area contributed by atoms with Gasteiger partial charge in [-0.3, -0.25) is 14.5 Å². The Bertz CT molecular complexity index is 1210. The molecule has 0 spiro atoms. The number of rotatable bonds is 4. The molecule has 0 N–H and O–H groups in total. The zero-order chi connectivity index (χ0) is 23.9. The third-order valence-electron chi connectivity index (χ3n) is 6.72. The molecule has 1 aliphatic heterocycles. The Morgan fingerprint density at radius 3 is 2.15 bits per heavy atom. The van der Waals surface area contributed by atoms with Crippen molar-refractivity contribution >= 4 is 23.2 Å². The van der Waals surface area contributed by atoms with Gasteiger partial charge in [0.15, 0.2) is 0 Å². The third kappa shape index (κ3) is 4.18. The SMILES string of the molecule is Cc1ccc(N2C(=O)CN(c3cccc(C)c3C)C(=O)[C@H]2c2ccc(C(C)C)cc2)c(C)c1. The molecule has 3 aromatic carbocycles. The fourth-order valence-electron chi connectivity index (χ4n) is 4.63. The first-order chi connectivity index (χ1) is 15.7. The maximum absolute atomic E-state index is 14.0. The summed E-state index contributed by atoms with van der Waals surface area (Å²) >= 11 is 0. The molecule has 0 radical (unpaired) electrons. The largest absolute Gasteiger partial charge is 0.301 e. The first kappa shape index (κ1) is 22.8. The summed E-state index contributed by atoms with van der Waals surface area (Å²) in [5.41, 5.74) is 7.86. The summed E-state index contributed by atoms with van der Waals surface area (Å²) in [7, 11) is 0. The van der Waals surface area contributed by atoms with Crippen molar-refractivity contribution in [3.05, 3.63) is 94.0 Å². The number of benzene rings is 3. The molecule has 170 valence electrons. The fraction of sp³-hybridized carbons (Fsp3) is 0.310. The molecule has 1 heterocycles. The predicted octanol–water partition coefficient (Wildman–Crippen LogP) is 6.16. The van der Waals surface area contributed by atoms with Crippen LogP contribution in [0.3, 0.4) is 0 Å². The van der Waals surface area contributed by atoms with Crippen LogP contribution in [0.25, 0.3) is 0 Å². The van der Waals surface area contributed by atoms with Crippen molar-refractivity contribution in [1.82, 2.24) is 0 Å². The van der Waals surface area contributed by atoms with E-state index in [0.29, 0.717) is 5.92 Å². The van der Waals surface area contributed by atoms with Gasteiger partial charge in [-0.05, 0) is 73.6 Å². The third-order valence-corrected chi connectivity index (χ3v) is 6.72. The highest BCUT2D eigenvalue weighted by Gasteiger charge is 2.42. The molecular weight excluding hydrogens is 408 g/mol. The minimum Gasteiger partial charge on any atom is -0.301 e. The summed E-state index contributed by atoms with van der Waals surface area (Å²) in [4.78, 5) is 31.1. The number of hydrogen-bond donors (Lipinski definition) is 0. The molecule has 0 aliphatic carbocycles. The molecule has 1 atom stereocenters. The summed E-state index contributed by atoms with van der Waals surface area (Å²) in [5.74, 6) is 0.227. The standard InChI is InChI=1S/C29H32N2O2/c1-18(2)23-11-13-24(14-12-23)28-29(33)30(26-9-7-8-20(4)22(26)6)17-27(32)31(28)25-15-10-19(3)16-21(25)5/h7-16,18,28H,17H2,1-6H3/t28-/m1/s1. The van der Waals surface area contributed by atoms with Crippen molar-refractivity contribution in [1.29, 1.82) is 0 Å². The van der Waals surface area contributed by atoms with Gasteiger partial charge in [-0.15, -0.1) is 0 Å². The van der Waals surface area contributed by atoms with Crippen molar-refractivity contribution in [3.8, 4) is 0 Å². The van der Waals surface area contributed by atoms with Crippen LogP contribution in [-0.4, -0.2) is 18.4 Å². The number of piperazine rings is 1. The van der Waals surface area contributed by atoms with E-state index in [2.05, 4.69) is 32.0 Å². The van der Waals surface area contributed by atoms with Gasteiger partial charge in [0.2, 0.25) is 5.91 Å². The van der Waals surface area contributed by atoms with E-state index in [1.54, 1.807) is 9.80 Å². The van der Waals surface area contributed by atoms with Gasteiger partial charge >= 0.3 is 0 Å². The van der Waals surface area contributed by atoms with E-state index in [4.69, 9.17) is 0 Å². The first-order valence-electron chi connectivity index (χ1n) is 11.6. The molecule has 1 saturated heterocycles. The van der Waals surface area contributed by atoms with E-state index < -0.39 is 6.04 Å². The van der Waals surface area contributed by atoms with Crippen LogP contribution in [0.5, 0.6) is 0 Å². The summed E-state index contributed by atoms with van der Waals surface area (Å²) in [6.45, 7) is 12.4. The minimum absolute atomic E-state index is 0.0248.